The fourth-order valence-corrected chi connectivity index (χ4v) is 1.46. The van der Waals surface area contributed by atoms with Crippen molar-refractivity contribution in [3.63, 3.8) is 0 Å². The fourth-order valence-electron chi connectivity index (χ4n) is 1.46. The molecule has 2 aromatic carbocycles. The molecule has 0 spiro atoms. The van der Waals surface area contributed by atoms with Gasteiger partial charge in [-0.05, 0) is 30.2 Å². The maximum absolute atomic E-state index is 13.3. The topological polar surface area (TPSA) is 9.23 Å². The van der Waals surface area contributed by atoms with Gasteiger partial charge in [0.2, 0.25) is 0 Å². The molecule has 0 amide bonds. The molecule has 0 aliphatic carbocycles. The summed E-state index contributed by atoms with van der Waals surface area (Å²) in [6, 6.07) is 14.6. The Labute approximate surface area is 94.5 Å². The normalized spacial score (nSPS) is 10.1. The van der Waals surface area contributed by atoms with Crippen LogP contribution in [0.5, 0.6) is 5.75 Å². The van der Waals surface area contributed by atoms with Crippen molar-refractivity contribution in [2.45, 2.75) is 13.5 Å². The quantitative estimate of drug-likeness (QED) is 0.759. The lowest BCUT2D eigenvalue weighted by molar-refractivity contribution is 0.290. The van der Waals surface area contributed by atoms with E-state index in [-0.39, 0.29) is 5.82 Å². The van der Waals surface area contributed by atoms with Crippen LogP contribution < -0.4 is 4.74 Å². The van der Waals surface area contributed by atoms with Crippen LogP contribution >= 0.6 is 0 Å². The third kappa shape index (κ3) is 2.60. The van der Waals surface area contributed by atoms with E-state index in [1.54, 1.807) is 12.1 Å². The Kier molecular flexibility index (Phi) is 3.20. The zero-order chi connectivity index (χ0) is 11.4. The molecule has 2 aromatic rings. The Hall–Kier alpha value is -1.83. The minimum absolute atomic E-state index is 0.309. The van der Waals surface area contributed by atoms with Crippen LogP contribution in [0.2, 0.25) is 0 Å². The molecular weight excluding hydrogens is 203 g/mol. The van der Waals surface area contributed by atoms with Crippen LogP contribution in [-0.4, -0.2) is 0 Å². The smallest absolute Gasteiger partial charge is 0.165 e. The summed E-state index contributed by atoms with van der Waals surface area (Å²) < 4.78 is 18.8. The van der Waals surface area contributed by atoms with Crippen molar-refractivity contribution in [1.29, 1.82) is 0 Å². The summed E-state index contributed by atoms with van der Waals surface area (Å²) in [5.74, 6) is -0.00890. The highest BCUT2D eigenvalue weighted by molar-refractivity contribution is 5.29. The molecule has 2 heteroatoms. The van der Waals surface area contributed by atoms with Crippen molar-refractivity contribution in [2.75, 3.05) is 0 Å². The molecule has 16 heavy (non-hydrogen) atoms. The number of hydrogen-bond donors (Lipinski definition) is 0. The van der Waals surface area contributed by atoms with Crippen LogP contribution in [0.25, 0.3) is 0 Å². The first kappa shape index (κ1) is 10.7. The van der Waals surface area contributed by atoms with Crippen LogP contribution in [-0.2, 0) is 6.61 Å². The molecule has 0 heterocycles. The molecule has 2 rings (SSSR count). The second-order valence-corrected chi connectivity index (χ2v) is 3.71. The Morgan fingerprint density at radius 3 is 2.56 bits per heavy atom. The summed E-state index contributed by atoms with van der Waals surface area (Å²) in [7, 11) is 0. The first-order valence-electron chi connectivity index (χ1n) is 5.18. The van der Waals surface area contributed by atoms with Crippen LogP contribution in [0.1, 0.15) is 11.1 Å². The molecule has 0 saturated heterocycles. The Morgan fingerprint density at radius 1 is 1.06 bits per heavy atom. The lowest BCUT2D eigenvalue weighted by atomic mass is 10.2. The third-order valence-electron chi connectivity index (χ3n) is 2.32. The van der Waals surface area contributed by atoms with Gasteiger partial charge in [0.1, 0.15) is 6.61 Å². The Morgan fingerprint density at radius 2 is 1.81 bits per heavy atom. The summed E-state index contributed by atoms with van der Waals surface area (Å²) in [5.41, 5.74) is 2.02. The van der Waals surface area contributed by atoms with Gasteiger partial charge in [0.15, 0.2) is 11.6 Å². The van der Waals surface area contributed by atoms with Gasteiger partial charge in [0.05, 0.1) is 0 Å². The van der Waals surface area contributed by atoms with E-state index in [4.69, 9.17) is 4.74 Å². The largest absolute Gasteiger partial charge is 0.486 e. The average Bonchev–Trinajstić information content (AvgIpc) is 2.32. The second kappa shape index (κ2) is 4.79. The van der Waals surface area contributed by atoms with E-state index < -0.39 is 0 Å². The van der Waals surface area contributed by atoms with E-state index in [1.807, 2.05) is 37.3 Å². The number of halogens is 1. The van der Waals surface area contributed by atoms with Gasteiger partial charge >= 0.3 is 0 Å². The predicted octanol–water partition coefficient (Wildman–Crippen LogP) is 3.71. The number of hydrogen-bond acceptors (Lipinski definition) is 1. The van der Waals surface area contributed by atoms with Gasteiger partial charge in [0.25, 0.3) is 0 Å². The number of ether oxygens (including phenoxy) is 1. The van der Waals surface area contributed by atoms with E-state index in [1.165, 1.54) is 6.07 Å². The molecule has 0 aliphatic heterocycles. The number of rotatable bonds is 3. The summed E-state index contributed by atoms with van der Waals surface area (Å²) in [4.78, 5) is 0. The van der Waals surface area contributed by atoms with Crippen LogP contribution in [0, 0.1) is 12.7 Å². The molecule has 0 atom stereocenters. The minimum atomic E-state index is -0.318. The molecular formula is C14H13FO. The average molecular weight is 216 g/mol. The van der Waals surface area contributed by atoms with E-state index in [0.29, 0.717) is 12.4 Å². The van der Waals surface area contributed by atoms with E-state index in [0.717, 1.165) is 11.1 Å². The van der Waals surface area contributed by atoms with Crippen LogP contribution in [0.15, 0.2) is 48.5 Å². The summed E-state index contributed by atoms with van der Waals surface area (Å²) in [6.07, 6.45) is 0. The fraction of sp³-hybridized carbons (Fsp3) is 0.143. The van der Waals surface area contributed by atoms with E-state index >= 15 is 0 Å². The van der Waals surface area contributed by atoms with Gasteiger partial charge < -0.3 is 4.74 Å². The highest BCUT2D eigenvalue weighted by atomic mass is 19.1. The van der Waals surface area contributed by atoms with Gasteiger partial charge in [0, 0.05) is 0 Å². The van der Waals surface area contributed by atoms with Gasteiger partial charge in [-0.25, -0.2) is 4.39 Å². The van der Waals surface area contributed by atoms with Crippen molar-refractivity contribution in [1.82, 2.24) is 0 Å². The molecule has 0 radical (unpaired) electrons. The maximum Gasteiger partial charge on any atom is 0.165 e. The Bertz CT molecular complexity index is 465. The molecule has 0 aromatic heterocycles. The molecule has 0 aliphatic rings. The number of benzene rings is 2. The molecule has 0 unspecified atom stereocenters. The van der Waals surface area contributed by atoms with Gasteiger partial charge in [-0.3, -0.25) is 0 Å². The van der Waals surface area contributed by atoms with Crippen LogP contribution in [0.3, 0.4) is 0 Å². The van der Waals surface area contributed by atoms with Crippen LogP contribution in [0.4, 0.5) is 4.39 Å². The lowest BCUT2D eigenvalue weighted by Gasteiger charge is -2.07. The van der Waals surface area contributed by atoms with Crippen molar-refractivity contribution >= 4 is 0 Å². The van der Waals surface area contributed by atoms with E-state index in [2.05, 4.69) is 0 Å². The molecule has 82 valence electrons. The summed E-state index contributed by atoms with van der Waals surface area (Å²) in [5, 5.41) is 0. The zero-order valence-electron chi connectivity index (χ0n) is 9.11. The standard InChI is InChI=1S/C14H13FO/c1-11-7-8-13(15)14(9-11)16-10-12-5-3-2-4-6-12/h2-9H,10H2,1H3. The highest BCUT2D eigenvalue weighted by Crippen LogP contribution is 2.19. The lowest BCUT2D eigenvalue weighted by Crippen LogP contribution is -1.97. The SMILES string of the molecule is Cc1ccc(F)c(OCc2ccccc2)c1. The van der Waals surface area contributed by atoms with Crippen molar-refractivity contribution in [3.05, 3.63) is 65.5 Å². The van der Waals surface area contributed by atoms with Gasteiger partial charge in [-0.1, -0.05) is 36.4 Å². The highest BCUT2D eigenvalue weighted by Gasteiger charge is 2.03. The van der Waals surface area contributed by atoms with Gasteiger partial charge in [-0.15, -0.1) is 0 Å². The molecule has 0 saturated carbocycles. The molecule has 0 N–H and O–H groups in total. The molecule has 1 nitrogen and oxygen atoms in total. The predicted molar refractivity (Wildman–Crippen MR) is 61.9 cm³/mol. The summed E-state index contributed by atoms with van der Waals surface area (Å²) in [6.45, 7) is 2.30. The van der Waals surface area contributed by atoms with Crippen molar-refractivity contribution in [3.8, 4) is 5.75 Å². The first-order chi connectivity index (χ1) is 7.75. The third-order valence-corrected chi connectivity index (χ3v) is 2.32. The minimum Gasteiger partial charge on any atom is -0.486 e. The maximum atomic E-state index is 13.3. The molecule has 0 fully saturated rings. The van der Waals surface area contributed by atoms with E-state index in [9.17, 15) is 4.39 Å². The zero-order valence-corrected chi connectivity index (χ0v) is 9.11. The van der Waals surface area contributed by atoms with Crippen molar-refractivity contribution < 1.29 is 9.13 Å². The monoisotopic (exact) mass is 216 g/mol. The second-order valence-electron chi connectivity index (χ2n) is 3.71. The van der Waals surface area contributed by atoms with Gasteiger partial charge in [-0.2, -0.15) is 0 Å². The molecule has 0 bridgehead atoms. The van der Waals surface area contributed by atoms with Crippen molar-refractivity contribution in [2.24, 2.45) is 0 Å². The number of aryl methyl sites for hydroxylation is 1. The summed E-state index contributed by atoms with van der Waals surface area (Å²) >= 11 is 0. The first-order valence-corrected chi connectivity index (χ1v) is 5.18. The Balaban J connectivity index is 2.08.